The highest BCUT2D eigenvalue weighted by Crippen LogP contribution is 2.35. The first kappa shape index (κ1) is 21.4. The first-order chi connectivity index (χ1) is 15.5. The molecule has 0 spiro atoms. The number of amides is 3. The number of pyridine rings is 1. The van der Waals surface area contributed by atoms with Crippen LogP contribution in [0.25, 0.3) is 0 Å². The Bertz CT molecular complexity index is 1060. The second-order valence-corrected chi connectivity index (χ2v) is 7.64. The molecule has 2 atom stereocenters. The van der Waals surface area contributed by atoms with Crippen molar-refractivity contribution in [2.75, 3.05) is 5.73 Å². The van der Waals surface area contributed by atoms with Gasteiger partial charge in [0.05, 0.1) is 12.0 Å². The normalized spacial score (nSPS) is 18.0. The van der Waals surface area contributed by atoms with Gasteiger partial charge in [0.1, 0.15) is 11.9 Å². The molecule has 1 aliphatic heterocycles. The fourth-order valence-electron chi connectivity index (χ4n) is 4.02. The second kappa shape index (κ2) is 9.13. The lowest BCUT2D eigenvalue weighted by atomic mass is 9.82. The van der Waals surface area contributed by atoms with Gasteiger partial charge in [-0.3, -0.25) is 9.69 Å². The Kier molecular flexibility index (Phi) is 6.11. The van der Waals surface area contributed by atoms with Gasteiger partial charge in [-0.15, -0.1) is 0 Å². The van der Waals surface area contributed by atoms with E-state index in [0.29, 0.717) is 10.5 Å². The summed E-state index contributed by atoms with van der Waals surface area (Å²) in [5.41, 5.74) is 7.81. The highest BCUT2D eigenvalue weighted by Gasteiger charge is 2.55. The second-order valence-electron chi connectivity index (χ2n) is 7.64. The monoisotopic (exact) mass is 436 g/mol. The number of nitrogens with zero attached hydrogens (tertiary/aromatic N) is 2. The SMILES string of the molecule is Nc1cc(C[C@H]2C(=O)N(C(=O)NC(c3ccccc3)c3ccccc3)[C@@H]2C(F)F)ccn1. The van der Waals surface area contributed by atoms with Crippen molar-refractivity contribution >= 4 is 17.8 Å². The summed E-state index contributed by atoms with van der Waals surface area (Å²) >= 11 is 0. The van der Waals surface area contributed by atoms with E-state index in [-0.39, 0.29) is 12.2 Å². The number of hydrogen-bond acceptors (Lipinski definition) is 4. The van der Waals surface area contributed by atoms with Crippen LogP contribution in [0.4, 0.5) is 19.4 Å². The van der Waals surface area contributed by atoms with Gasteiger partial charge in [-0.1, -0.05) is 60.7 Å². The Morgan fingerprint density at radius 2 is 1.62 bits per heavy atom. The Labute approximate surface area is 184 Å². The van der Waals surface area contributed by atoms with E-state index in [1.165, 1.54) is 6.20 Å². The van der Waals surface area contributed by atoms with E-state index in [0.717, 1.165) is 11.1 Å². The molecule has 6 nitrogen and oxygen atoms in total. The molecule has 1 aliphatic rings. The number of carbonyl (C=O) groups excluding carboxylic acids is 2. The smallest absolute Gasteiger partial charge is 0.325 e. The maximum Gasteiger partial charge on any atom is 0.325 e. The first-order valence-corrected chi connectivity index (χ1v) is 10.2. The number of halogens is 2. The van der Waals surface area contributed by atoms with E-state index in [4.69, 9.17) is 5.73 Å². The standard InChI is InChI=1S/C24H22F2N4O2/c25-22(26)21-18(13-15-11-12-28-19(27)14-15)23(31)30(21)24(32)29-20(16-7-3-1-4-8-16)17-9-5-2-6-10-17/h1-12,14,18,20-22H,13H2,(H2,27,28)(H,29,32)/t18-,21+/m1/s1. The molecule has 0 radical (unpaired) electrons. The Balaban J connectivity index is 1.55. The molecule has 164 valence electrons. The molecule has 1 aromatic heterocycles. The van der Waals surface area contributed by atoms with Gasteiger partial charge in [0.2, 0.25) is 5.91 Å². The van der Waals surface area contributed by atoms with Crippen molar-refractivity contribution in [1.29, 1.82) is 0 Å². The molecule has 3 aromatic rings. The highest BCUT2D eigenvalue weighted by molar-refractivity contribution is 6.01. The zero-order chi connectivity index (χ0) is 22.7. The molecular weight excluding hydrogens is 414 g/mol. The zero-order valence-corrected chi connectivity index (χ0v) is 17.1. The lowest BCUT2D eigenvalue weighted by molar-refractivity contribution is -0.159. The number of alkyl halides is 2. The van der Waals surface area contributed by atoms with E-state index >= 15 is 0 Å². The van der Waals surface area contributed by atoms with Gasteiger partial charge in [-0.25, -0.2) is 18.6 Å². The molecule has 4 rings (SSSR count). The van der Waals surface area contributed by atoms with Crippen LogP contribution < -0.4 is 11.1 Å². The minimum atomic E-state index is -2.87. The third kappa shape index (κ3) is 4.30. The van der Waals surface area contributed by atoms with Crippen LogP contribution in [-0.4, -0.2) is 34.3 Å². The van der Waals surface area contributed by atoms with Gasteiger partial charge < -0.3 is 11.1 Å². The third-order valence-corrected chi connectivity index (χ3v) is 5.58. The molecular formula is C24H22F2N4O2. The molecule has 32 heavy (non-hydrogen) atoms. The lowest BCUT2D eigenvalue weighted by Gasteiger charge is -2.45. The zero-order valence-electron chi connectivity index (χ0n) is 17.1. The quantitative estimate of drug-likeness (QED) is 0.576. The summed E-state index contributed by atoms with van der Waals surface area (Å²) in [4.78, 5) is 30.2. The van der Waals surface area contributed by atoms with E-state index in [2.05, 4.69) is 10.3 Å². The van der Waals surface area contributed by atoms with Crippen molar-refractivity contribution in [2.24, 2.45) is 5.92 Å². The van der Waals surface area contributed by atoms with Crippen molar-refractivity contribution in [3.63, 3.8) is 0 Å². The molecule has 3 N–H and O–H groups in total. The third-order valence-electron chi connectivity index (χ3n) is 5.58. The van der Waals surface area contributed by atoms with Crippen molar-refractivity contribution in [3.8, 4) is 0 Å². The van der Waals surface area contributed by atoms with Gasteiger partial charge in [0.25, 0.3) is 6.43 Å². The van der Waals surface area contributed by atoms with Crippen LogP contribution in [0.3, 0.4) is 0 Å². The van der Waals surface area contributed by atoms with Gasteiger partial charge in [0.15, 0.2) is 0 Å². The Morgan fingerprint density at radius 3 is 2.16 bits per heavy atom. The maximum atomic E-state index is 13.9. The minimum Gasteiger partial charge on any atom is -0.384 e. The summed E-state index contributed by atoms with van der Waals surface area (Å²) in [6.45, 7) is 0. The van der Waals surface area contributed by atoms with Gasteiger partial charge >= 0.3 is 6.03 Å². The molecule has 0 saturated carbocycles. The van der Waals surface area contributed by atoms with E-state index < -0.39 is 36.4 Å². The van der Waals surface area contributed by atoms with Gasteiger partial charge in [0, 0.05) is 6.20 Å². The van der Waals surface area contributed by atoms with E-state index in [1.54, 1.807) is 12.1 Å². The number of imide groups is 1. The Hall–Kier alpha value is -3.81. The van der Waals surface area contributed by atoms with Crippen molar-refractivity contribution in [3.05, 3.63) is 95.7 Å². The van der Waals surface area contributed by atoms with Crippen molar-refractivity contribution in [2.45, 2.75) is 24.9 Å². The number of nitrogen functional groups attached to an aromatic ring is 1. The van der Waals surface area contributed by atoms with Gasteiger partial charge in [-0.2, -0.15) is 0 Å². The molecule has 2 aromatic carbocycles. The fraction of sp³-hybridized carbons (Fsp3) is 0.208. The number of nitrogens with one attached hydrogen (secondary N) is 1. The molecule has 2 heterocycles. The molecule has 8 heteroatoms. The topological polar surface area (TPSA) is 88.3 Å². The van der Waals surface area contributed by atoms with E-state index in [9.17, 15) is 18.4 Å². The predicted octanol–water partition coefficient (Wildman–Crippen LogP) is 3.80. The molecule has 0 unspecified atom stereocenters. The van der Waals surface area contributed by atoms with Crippen LogP contribution in [0.15, 0.2) is 79.0 Å². The van der Waals surface area contributed by atoms with E-state index in [1.807, 2.05) is 60.7 Å². The summed E-state index contributed by atoms with van der Waals surface area (Å²) in [7, 11) is 0. The lowest BCUT2D eigenvalue weighted by Crippen LogP contribution is -2.68. The number of carbonyl (C=O) groups is 2. The summed E-state index contributed by atoms with van der Waals surface area (Å²) in [5, 5.41) is 2.76. The number of urea groups is 1. The molecule has 1 saturated heterocycles. The number of benzene rings is 2. The number of anilines is 1. The van der Waals surface area contributed by atoms with Crippen LogP contribution in [-0.2, 0) is 11.2 Å². The number of aromatic nitrogens is 1. The van der Waals surface area contributed by atoms with Crippen LogP contribution in [0.1, 0.15) is 22.7 Å². The average Bonchev–Trinajstić information content (AvgIpc) is 2.80. The summed E-state index contributed by atoms with van der Waals surface area (Å²) in [5.74, 6) is -1.40. The number of hydrogen-bond donors (Lipinski definition) is 2. The van der Waals surface area contributed by atoms with Crippen LogP contribution >= 0.6 is 0 Å². The average molecular weight is 436 g/mol. The summed E-state index contributed by atoms with van der Waals surface area (Å²) in [6.07, 6.45) is -1.35. The maximum absolute atomic E-state index is 13.9. The first-order valence-electron chi connectivity index (χ1n) is 10.2. The highest BCUT2D eigenvalue weighted by atomic mass is 19.3. The van der Waals surface area contributed by atoms with Crippen molar-refractivity contribution < 1.29 is 18.4 Å². The fourth-order valence-corrected chi connectivity index (χ4v) is 4.02. The number of β-lactam (4-membered cyclic amide) rings is 1. The molecule has 0 aliphatic carbocycles. The number of rotatable bonds is 6. The molecule has 3 amide bonds. The van der Waals surface area contributed by atoms with Crippen LogP contribution in [0.5, 0.6) is 0 Å². The number of likely N-dealkylation sites (tertiary alicyclic amines) is 1. The van der Waals surface area contributed by atoms with Crippen LogP contribution in [0, 0.1) is 5.92 Å². The number of nitrogens with two attached hydrogens (primary N) is 1. The molecule has 1 fully saturated rings. The summed E-state index contributed by atoms with van der Waals surface area (Å²) < 4.78 is 27.7. The predicted molar refractivity (Wildman–Crippen MR) is 116 cm³/mol. The summed E-state index contributed by atoms with van der Waals surface area (Å²) in [6, 6.07) is 18.5. The minimum absolute atomic E-state index is 0.0607. The molecule has 0 bridgehead atoms. The largest absolute Gasteiger partial charge is 0.384 e. The van der Waals surface area contributed by atoms with Crippen LogP contribution in [0.2, 0.25) is 0 Å². The Morgan fingerprint density at radius 1 is 1.03 bits per heavy atom. The van der Waals surface area contributed by atoms with Gasteiger partial charge in [-0.05, 0) is 35.2 Å². The van der Waals surface area contributed by atoms with Crippen molar-refractivity contribution in [1.82, 2.24) is 15.2 Å².